The lowest BCUT2D eigenvalue weighted by Gasteiger charge is -2.46. The largest absolute Gasteiger partial charge is 0.382 e. The van der Waals surface area contributed by atoms with Crippen LogP contribution in [0.5, 0.6) is 0 Å². The van der Waals surface area contributed by atoms with Crippen LogP contribution in [-0.4, -0.2) is 63.5 Å². The third-order valence-corrected chi connectivity index (χ3v) is 4.15. The maximum absolute atomic E-state index is 5.57. The normalized spacial score (nSPS) is 25.1. The monoisotopic (exact) mass is 286 g/mol. The Morgan fingerprint density at radius 1 is 1.20 bits per heavy atom. The summed E-state index contributed by atoms with van der Waals surface area (Å²) < 4.78 is 10.6. The van der Waals surface area contributed by atoms with Crippen LogP contribution >= 0.6 is 0 Å². The van der Waals surface area contributed by atoms with E-state index in [0.717, 1.165) is 32.7 Å². The van der Waals surface area contributed by atoms with Crippen LogP contribution in [0.15, 0.2) is 0 Å². The molecule has 1 N–H and O–H groups in total. The van der Waals surface area contributed by atoms with Crippen LogP contribution in [0.25, 0.3) is 0 Å². The van der Waals surface area contributed by atoms with Gasteiger partial charge in [-0.2, -0.15) is 0 Å². The summed E-state index contributed by atoms with van der Waals surface area (Å²) in [5.41, 5.74) is 0.322. The van der Waals surface area contributed by atoms with Crippen LogP contribution in [0, 0.1) is 5.41 Å². The summed E-state index contributed by atoms with van der Waals surface area (Å²) in [5, 5.41) is 3.68. The van der Waals surface area contributed by atoms with E-state index in [1.165, 1.54) is 6.42 Å². The number of hydrogen-bond donors (Lipinski definition) is 1. The van der Waals surface area contributed by atoms with Crippen molar-refractivity contribution in [1.29, 1.82) is 0 Å². The Kier molecular flexibility index (Phi) is 8.03. The van der Waals surface area contributed by atoms with Crippen molar-refractivity contribution in [2.45, 2.75) is 52.6 Å². The molecular formula is C16H34N2O2. The van der Waals surface area contributed by atoms with Crippen molar-refractivity contribution in [3.05, 3.63) is 0 Å². The van der Waals surface area contributed by atoms with E-state index in [0.29, 0.717) is 30.7 Å². The Hall–Kier alpha value is -0.160. The van der Waals surface area contributed by atoms with Crippen LogP contribution in [0.1, 0.15) is 40.5 Å². The van der Waals surface area contributed by atoms with Gasteiger partial charge in [0.25, 0.3) is 0 Å². The number of rotatable bonds is 8. The second-order valence-corrected chi connectivity index (χ2v) is 6.85. The molecule has 2 atom stereocenters. The second kappa shape index (κ2) is 8.98. The van der Waals surface area contributed by atoms with Gasteiger partial charge in [0.1, 0.15) is 0 Å². The van der Waals surface area contributed by atoms with Gasteiger partial charge in [0.05, 0.1) is 13.2 Å². The van der Waals surface area contributed by atoms with Gasteiger partial charge in [-0.25, -0.2) is 0 Å². The fourth-order valence-corrected chi connectivity index (χ4v) is 2.87. The molecular weight excluding hydrogens is 252 g/mol. The fraction of sp³-hybridized carbons (Fsp3) is 1.00. The number of nitrogens with zero attached hydrogens (tertiary/aromatic N) is 1. The first-order chi connectivity index (χ1) is 9.49. The van der Waals surface area contributed by atoms with E-state index >= 15 is 0 Å². The Bertz CT molecular complexity index is 253. The number of ether oxygens (including phenoxy) is 2. The average Bonchev–Trinajstić information content (AvgIpc) is 2.41. The summed E-state index contributed by atoms with van der Waals surface area (Å²) in [6.07, 6.45) is 2.31. The first kappa shape index (κ1) is 17.9. The van der Waals surface area contributed by atoms with Gasteiger partial charge in [-0.05, 0) is 18.3 Å². The number of nitrogens with one attached hydrogen (secondary N) is 1. The molecule has 0 saturated carbocycles. The zero-order chi connectivity index (χ0) is 15.0. The molecule has 120 valence electrons. The van der Waals surface area contributed by atoms with Gasteiger partial charge in [-0.1, -0.05) is 27.7 Å². The van der Waals surface area contributed by atoms with Gasteiger partial charge in [-0.3, -0.25) is 4.90 Å². The van der Waals surface area contributed by atoms with Crippen LogP contribution in [0.3, 0.4) is 0 Å². The molecule has 4 nitrogen and oxygen atoms in total. The molecule has 1 rings (SSSR count). The highest BCUT2D eigenvalue weighted by Crippen LogP contribution is 2.26. The quantitative estimate of drug-likeness (QED) is 0.693. The molecule has 0 spiro atoms. The van der Waals surface area contributed by atoms with Crippen molar-refractivity contribution in [3.8, 4) is 0 Å². The van der Waals surface area contributed by atoms with Gasteiger partial charge in [0, 0.05) is 45.4 Å². The molecule has 1 fully saturated rings. The molecule has 0 amide bonds. The van der Waals surface area contributed by atoms with Crippen molar-refractivity contribution in [2.24, 2.45) is 5.41 Å². The molecule has 0 bridgehead atoms. The Balaban J connectivity index is 2.36. The summed E-state index contributed by atoms with van der Waals surface area (Å²) in [6, 6.07) is 1.26. The highest BCUT2D eigenvalue weighted by molar-refractivity contribution is 4.91. The zero-order valence-corrected chi connectivity index (χ0v) is 14.1. The Morgan fingerprint density at radius 3 is 2.55 bits per heavy atom. The molecule has 0 aromatic rings. The molecule has 1 aliphatic heterocycles. The van der Waals surface area contributed by atoms with E-state index in [2.05, 4.69) is 37.9 Å². The lowest BCUT2D eigenvalue weighted by molar-refractivity contribution is 0.0346. The average molecular weight is 286 g/mol. The van der Waals surface area contributed by atoms with Gasteiger partial charge in [0.2, 0.25) is 0 Å². The van der Waals surface area contributed by atoms with Gasteiger partial charge >= 0.3 is 0 Å². The maximum Gasteiger partial charge on any atom is 0.0700 e. The van der Waals surface area contributed by atoms with Crippen LogP contribution in [-0.2, 0) is 9.47 Å². The molecule has 0 aromatic heterocycles. The third-order valence-electron chi connectivity index (χ3n) is 4.15. The first-order valence-corrected chi connectivity index (χ1v) is 8.03. The standard InChI is InChI=1S/C16H34N2O2/c1-6-14-13-18(8-7-9-20-11-10-19-5)15(12-17-14)16(2,3)4/h14-15,17H,6-13H2,1-5H3. The highest BCUT2D eigenvalue weighted by atomic mass is 16.5. The van der Waals surface area contributed by atoms with Gasteiger partial charge < -0.3 is 14.8 Å². The van der Waals surface area contributed by atoms with E-state index in [1.807, 2.05) is 0 Å². The minimum Gasteiger partial charge on any atom is -0.382 e. The van der Waals surface area contributed by atoms with Crippen molar-refractivity contribution in [2.75, 3.05) is 46.6 Å². The predicted molar refractivity (Wildman–Crippen MR) is 84.2 cm³/mol. The topological polar surface area (TPSA) is 33.7 Å². The number of hydrogen-bond acceptors (Lipinski definition) is 4. The second-order valence-electron chi connectivity index (χ2n) is 6.85. The van der Waals surface area contributed by atoms with Gasteiger partial charge in [0.15, 0.2) is 0 Å². The lowest BCUT2D eigenvalue weighted by Crippen LogP contribution is -2.60. The summed E-state index contributed by atoms with van der Waals surface area (Å²) in [7, 11) is 1.71. The Morgan fingerprint density at radius 2 is 1.95 bits per heavy atom. The van der Waals surface area contributed by atoms with E-state index in [1.54, 1.807) is 7.11 Å². The molecule has 0 aromatic carbocycles. The molecule has 2 unspecified atom stereocenters. The predicted octanol–water partition coefficient (Wildman–Crippen LogP) is 2.14. The highest BCUT2D eigenvalue weighted by Gasteiger charge is 2.34. The zero-order valence-electron chi connectivity index (χ0n) is 14.1. The molecule has 0 radical (unpaired) electrons. The van der Waals surface area contributed by atoms with E-state index < -0.39 is 0 Å². The molecule has 1 saturated heterocycles. The van der Waals surface area contributed by atoms with E-state index in [4.69, 9.17) is 9.47 Å². The minimum absolute atomic E-state index is 0.322. The van der Waals surface area contributed by atoms with Crippen LogP contribution < -0.4 is 5.32 Å². The number of piperazine rings is 1. The van der Waals surface area contributed by atoms with Gasteiger partial charge in [-0.15, -0.1) is 0 Å². The van der Waals surface area contributed by atoms with Crippen molar-refractivity contribution in [3.63, 3.8) is 0 Å². The third kappa shape index (κ3) is 6.08. The fourth-order valence-electron chi connectivity index (χ4n) is 2.87. The van der Waals surface area contributed by atoms with E-state index in [9.17, 15) is 0 Å². The molecule has 4 heteroatoms. The molecule has 1 heterocycles. The lowest BCUT2D eigenvalue weighted by atomic mass is 9.83. The summed E-state index contributed by atoms with van der Waals surface area (Å²) in [4.78, 5) is 2.66. The smallest absolute Gasteiger partial charge is 0.0700 e. The minimum atomic E-state index is 0.322. The van der Waals surface area contributed by atoms with Crippen LogP contribution in [0.2, 0.25) is 0 Å². The summed E-state index contributed by atoms with van der Waals surface area (Å²) in [6.45, 7) is 14.9. The molecule has 0 aliphatic carbocycles. The Labute approximate surface area is 125 Å². The van der Waals surface area contributed by atoms with Crippen molar-refractivity contribution < 1.29 is 9.47 Å². The summed E-state index contributed by atoms with van der Waals surface area (Å²) >= 11 is 0. The summed E-state index contributed by atoms with van der Waals surface area (Å²) in [5.74, 6) is 0. The van der Waals surface area contributed by atoms with E-state index in [-0.39, 0.29) is 0 Å². The van der Waals surface area contributed by atoms with Crippen molar-refractivity contribution >= 4 is 0 Å². The maximum atomic E-state index is 5.57. The van der Waals surface area contributed by atoms with Crippen LogP contribution in [0.4, 0.5) is 0 Å². The molecule has 1 aliphatic rings. The number of methoxy groups -OCH3 is 1. The SMILES string of the molecule is CCC1CN(CCCOCCOC)C(C(C)(C)C)CN1. The molecule has 20 heavy (non-hydrogen) atoms. The van der Waals surface area contributed by atoms with Crippen molar-refractivity contribution in [1.82, 2.24) is 10.2 Å². The first-order valence-electron chi connectivity index (χ1n) is 8.03.